The second-order valence-electron chi connectivity index (χ2n) is 6.91. The fourth-order valence-corrected chi connectivity index (χ4v) is 3.63. The molecule has 27 heavy (non-hydrogen) atoms. The van der Waals surface area contributed by atoms with Crippen LogP contribution in [0.5, 0.6) is 0 Å². The Morgan fingerprint density at radius 1 is 0.889 bits per heavy atom. The maximum Gasteiger partial charge on any atom is 0.274 e. The third-order valence-electron chi connectivity index (χ3n) is 5.15. The van der Waals surface area contributed by atoms with Crippen molar-refractivity contribution in [2.24, 2.45) is 0 Å². The highest BCUT2D eigenvalue weighted by atomic mass is 19.1. The first-order valence-electron chi connectivity index (χ1n) is 9.13. The summed E-state index contributed by atoms with van der Waals surface area (Å²) in [5.41, 5.74) is 1.37. The van der Waals surface area contributed by atoms with E-state index in [9.17, 15) is 18.4 Å². The van der Waals surface area contributed by atoms with Crippen LogP contribution in [0.1, 0.15) is 39.4 Å². The lowest BCUT2D eigenvalue weighted by atomic mass is 10.1. The number of rotatable bonds is 2. The highest BCUT2D eigenvalue weighted by molar-refractivity contribution is 5.95. The number of halogens is 2. The zero-order chi connectivity index (χ0) is 19.0. The van der Waals surface area contributed by atoms with Crippen molar-refractivity contribution in [1.29, 1.82) is 0 Å². The van der Waals surface area contributed by atoms with E-state index in [-0.39, 0.29) is 11.5 Å². The summed E-state index contributed by atoms with van der Waals surface area (Å²) in [7, 11) is 0. The minimum Gasteiger partial charge on any atom is -0.335 e. The predicted octanol–water partition coefficient (Wildman–Crippen LogP) is 2.10. The first-order valence-corrected chi connectivity index (χ1v) is 9.13. The summed E-state index contributed by atoms with van der Waals surface area (Å²) in [6, 6.07) is 4.77. The molecule has 1 saturated heterocycles. The molecule has 2 aliphatic heterocycles. The highest BCUT2D eigenvalue weighted by Crippen LogP contribution is 2.18. The lowest BCUT2D eigenvalue weighted by Crippen LogP contribution is -2.50. The highest BCUT2D eigenvalue weighted by Gasteiger charge is 2.28. The summed E-state index contributed by atoms with van der Waals surface area (Å²) in [4.78, 5) is 28.3. The number of nitrogens with zero attached hydrogens (tertiary/aromatic N) is 4. The zero-order valence-corrected chi connectivity index (χ0v) is 14.8. The van der Waals surface area contributed by atoms with Gasteiger partial charge in [-0.25, -0.2) is 8.78 Å². The van der Waals surface area contributed by atoms with E-state index < -0.39 is 17.5 Å². The minimum atomic E-state index is -0.873. The van der Waals surface area contributed by atoms with Gasteiger partial charge in [0.1, 0.15) is 11.6 Å². The normalized spacial score (nSPS) is 17.0. The van der Waals surface area contributed by atoms with E-state index in [1.165, 1.54) is 4.90 Å². The Hall–Kier alpha value is -2.77. The summed E-state index contributed by atoms with van der Waals surface area (Å²) < 4.78 is 28.8. The molecule has 8 heteroatoms. The molecule has 142 valence electrons. The summed E-state index contributed by atoms with van der Waals surface area (Å²) in [6.45, 7) is 2.16. The molecule has 0 unspecified atom stereocenters. The van der Waals surface area contributed by atoms with Crippen molar-refractivity contribution in [3.05, 3.63) is 52.9 Å². The van der Waals surface area contributed by atoms with Crippen LogP contribution in [-0.4, -0.2) is 57.6 Å². The van der Waals surface area contributed by atoms with E-state index >= 15 is 0 Å². The number of aryl methyl sites for hydroxylation is 2. The Morgan fingerprint density at radius 2 is 1.59 bits per heavy atom. The SMILES string of the molecule is O=C(c1cc2n(n1)CCCC2)N1CCN(C(=O)c2ccc(F)cc2F)CC1. The van der Waals surface area contributed by atoms with Gasteiger partial charge in [0.15, 0.2) is 5.69 Å². The third-order valence-corrected chi connectivity index (χ3v) is 5.15. The number of aromatic nitrogens is 2. The molecule has 1 fully saturated rings. The molecule has 0 bridgehead atoms. The van der Waals surface area contributed by atoms with Gasteiger partial charge < -0.3 is 9.80 Å². The van der Waals surface area contributed by atoms with Gasteiger partial charge in [-0.1, -0.05) is 0 Å². The second-order valence-corrected chi connectivity index (χ2v) is 6.91. The van der Waals surface area contributed by atoms with Gasteiger partial charge in [0.2, 0.25) is 0 Å². The first kappa shape index (κ1) is 17.6. The Morgan fingerprint density at radius 3 is 2.26 bits per heavy atom. The Labute approximate surface area is 155 Å². The molecule has 3 heterocycles. The quantitative estimate of drug-likeness (QED) is 0.809. The van der Waals surface area contributed by atoms with Crippen molar-refractivity contribution in [3.8, 4) is 0 Å². The van der Waals surface area contributed by atoms with Crippen molar-refractivity contribution in [1.82, 2.24) is 19.6 Å². The van der Waals surface area contributed by atoms with Crippen molar-refractivity contribution in [3.63, 3.8) is 0 Å². The molecule has 0 saturated carbocycles. The average Bonchev–Trinajstić information content (AvgIpc) is 3.11. The van der Waals surface area contributed by atoms with Gasteiger partial charge in [-0.05, 0) is 37.5 Å². The summed E-state index contributed by atoms with van der Waals surface area (Å²) in [5.74, 6) is -2.22. The zero-order valence-electron chi connectivity index (χ0n) is 14.8. The van der Waals surface area contributed by atoms with E-state index in [0.717, 1.165) is 43.6 Å². The van der Waals surface area contributed by atoms with Crippen LogP contribution >= 0.6 is 0 Å². The molecule has 0 spiro atoms. The lowest BCUT2D eigenvalue weighted by Gasteiger charge is -2.34. The smallest absolute Gasteiger partial charge is 0.274 e. The molecule has 0 aliphatic carbocycles. The molecule has 6 nitrogen and oxygen atoms in total. The van der Waals surface area contributed by atoms with Gasteiger partial charge in [0, 0.05) is 44.5 Å². The predicted molar refractivity (Wildman–Crippen MR) is 93.3 cm³/mol. The molecule has 2 aromatic rings. The number of benzene rings is 1. The van der Waals surface area contributed by atoms with Gasteiger partial charge in [0.25, 0.3) is 11.8 Å². The maximum atomic E-state index is 13.8. The number of piperazine rings is 1. The summed E-state index contributed by atoms with van der Waals surface area (Å²) in [5, 5.41) is 4.41. The minimum absolute atomic E-state index is 0.142. The van der Waals surface area contributed by atoms with Crippen LogP contribution in [0, 0.1) is 11.6 Å². The van der Waals surface area contributed by atoms with Gasteiger partial charge in [-0.2, -0.15) is 5.10 Å². The summed E-state index contributed by atoms with van der Waals surface area (Å²) >= 11 is 0. The van der Waals surface area contributed by atoms with Crippen molar-refractivity contribution < 1.29 is 18.4 Å². The molecule has 0 N–H and O–H groups in total. The lowest BCUT2D eigenvalue weighted by molar-refractivity contribution is 0.0529. The van der Waals surface area contributed by atoms with E-state index in [1.807, 2.05) is 10.7 Å². The molecule has 0 radical (unpaired) electrons. The molecule has 1 aromatic heterocycles. The van der Waals surface area contributed by atoms with Crippen LogP contribution < -0.4 is 0 Å². The van der Waals surface area contributed by atoms with Crippen LogP contribution in [0.3, 0.4) is 0 Å². The van der Waals surface area contributed by atoms with Crippen LogP contribution in [-0.2, 0) is 13.0 Å². The van der Waals surface area contributed by atoms with Gasteiger partial charge in [-0.15, -0.1) is 0 Å². The molecule has 2 aliphatic rings. The monoisotopic (exact) mass is 374 g/mol. The molecule has 1 aromatic carbocycles. The number of hydrogen-bond donors (Lipinski definition) is 0. The maximum absolute atomic E-state index is 13.8. The van der Waals surface area contributed by atoms with Crippen LogP contribution in [0.25, 0.3) is 0 Å². The standard InChI is InChI=1S/C19H20F2N4O2/c20-13-4-5-15(16(21)11-13)18(26)23-7-9-24(10-8-23)19(27)17-12-14-3-1-2-6-25(14)22-17/h4-5,11-12H,1-3,6-10H2. The van der Waals surface area contributed by atoms with Gasteiger partial charge in [0.05, 0.1) is 5.56 Å². The molecular weight excluding hydrogens is 354 g/mol. The average molecular weight is 374 g/mol. The van der Waals surface area contributed by atoms with Crippen molar-refractivity contribution >= 4 is 11.8 Å². The molecule has 4 rings (SSSR count). The largest absolute Gasteiger partial charge is 0.335 e. The number of hydrogen-bond acceptors (Lipinski definition) is 3. The van der Waals surface area contributed by atoms with E-state index in [1.54, 1.807) is 4.90 Å². The fourth-order valence-electron chi connectivity index (χ4n) is 3.63. The Balaban J connectivity index is 1.40. The summed E-state index contributed by atoms with van der Waals surface area (Å²) in [6.07, 6.45) is 3.12. The van der Waals surface area contributed by atoms with Crippen LogP contribution in [0.2, 0.25) is 0 Å². The van der Waals surface area contributed by atoms with E-state index in [2.05, 4.69) is 5.10 Å². The van der Waals surface area contributed by atoms with Crippen molar-refractivity contribution in [2.75, 3.05) is 26.2 Å². The molecular formula is C19H20F2N4O2. The van der Waals surface area contributed by atoms with Gasteiger partial charge in [-0.3, -0.25) is 14.3 Å². The third kappa shape index (κ3) is 3.43. The van der Waals surface area contributed by atoms with Crippen molar-refractivity contribution in [2.45, 2.75) is 25.8 Å². The Kier molecular flexibility index (Phi) is 4.63. The van der Waals surface area contributed by atoms with Crippen LogP contribution in [0.15, 0.2) is 24.3 Å². The number of fused-ring (bicyclic) bond motifs is 1. The number of carbonyl (C=O) groups is 2. The van der Waals surface area contributed by atoms with E-state index in [0.29, 0.717) is 37.9 Å². The van der Waals surface area contributed by atoms with Crippen LogP contribution in [0.4, 0.5) is 8.78 Å². The van der Waals surface area contributed by atoms with Gasteiger partial charge >= 0.3 is 0 Å². The molecule has 2 amide bonds. The fraction of sp³-hybridized carbons (Fsp3) is 0.421. The second kappa shape index (κ2) is 7.09. The number of carbonyl (C=O) groups excluding carboxylic acids is 2. The van der Waals surface area contributed by atoms with E-state index in [4.69, 9.17) is 0 Å². The Bertz CT molecular complexity index is 864. The topological polar surface area (TPSA) is 58.4 Å². The molecule has 0 atom stereocenters. The number of amides is 2. The first-order chi connectivity index (χ1) is 13.0.